The van der Waals surface area contributed by atoms with Gasteiger partial charge in [-0.1, -0.05) is 0 Å². The lowest BCUT2D eigenvalue weighted by Gasteiger charge is -2.27. The average Bonchev–Trinajstić information content (AvgIpc) is 2.89. The molecule has 0 aromatic rings. The third-order valence-corrected chi connectivity index (χ3v) is 4.46. The lowest BCUT2D eigenvalue weighted by molar-refractivity contribution is -0.155. The van der Waals surface area contributed by atoms with Crippen LogP contribution in [0.3, 0.4) is 0 Å². The molecule has 1 aliphatic heterocycles. The van der Waals surface area contributed by atoms with Crippen molar-refractivity contribution in [1.82, 2.24) is 0 Å². The molecule has 1 heterocycles. The van der Waals surface area contributed by atoms with E-state index < -0.39 is 0 Å². The molecule has 0 radical (unpaired) electrons. The number of esters is 3. The maximum atomic E-state index is 11.7. The molecule has 0 N–H and O–H groups in total. The van der Waals surface area contributed by atoms with Crippen molar-refractivity contribution < 1.29 is 28.6 Å². The third-order valence-electron chi connectivity index (χ3n) is 4.46. The Morgan fingerprint density at radius 3 is 2.47 bits per heavy atom. The van der Waals surface area contributed by atoms with Gasteiger partial charge in [0.2, 0.25) is 0 Å². The Bertz CT molecular complexity index is 444. The Kier molecular flexibility index (Phi) is 2.76. The van der Waals surface area contributed by atoms with Crippen LogP contribution in [0.25, 0.3) is 0 Å². The van der Waals surface area contributed by atoms with E-state index in [4.69, 9.17) is 14.2 Å². The van der Waals surface area contributed by atoms with Crippen LogP contribution in [0.4, 0.5) is 0 Å². The predicted molar refractivity (Wildman–Crippen MR) is 60.6 cm³/mol. The summed E-state index contributed by atoms with van der Waals surface area (Å²) < 4.78 is 15.7. The Labute approximate surface area is 110 Å². The highest BCUT2D eigenvalue weighted by molar-refractivity contribution is 5.77. The number of hydrogen-bond acceptors (Lipinski definition) is 6. The molecular formula is C13H16O6. The first-order valence-electron chi connectivity index (χ1n) is 6.50. The lowest BCUT2D eigenvalue weighted by atomic mass is 9.80. The number of ether oxygens (including phenoxy) is 3. The first-order chi connectivity index (χ1) is 8.99. The summed E-state index contributed by atoms with van der Waals surface area (Å²) in [5, 5.41) is 0. The van der Waals surface area contributed by atoms with Crippen molar-refractivity contribution in [3.8, 4) is 0 Å². The quantitative estimate of drug-likeness (QED) is 0.529. The SMILES string of the molecule is CC(=O)O[C@H]1[C@H]2C[C@@H](OC(C)=O)[C@H]1[C@H]1COC(=O)[C@@H]21. The van der Waals surface area contributed by atoms with E-state index in [1.165, 1.54) is 13.8 Å². The van der Waals surface area contributed by atoms with Gasteiger partial charge in [-0.25, -0.2) is 0 Å². The first-order valence-corrected chi connectivity index (χ1v) is 6.50. The molecular weight excluding hydrogens is 252 g/mol. The van der Waals surface area contributed by atoms with Crippen LogP contribution in [-0.4, -0.2) is 36.7 Å². The summed E-state index contributed by atoms with van der Waals surface area (Å²) in [6, 6.07) is 0. The van der Waals surface area contributed by atoms with Crippen LogP contribution in [0.2, 0.25) is 0 Å². The number of cyclic esters (lactones) is 1. The monoisotopic (exact) mass is 268 g/mol. The second-order valence-corrected chi connectivity index (χ2v) is 5.52. The number of hydrogen-bond donors (Lipinski definition) is 0. The molecule has 6 nitrogen and oxygen atoms in total. The summed E-state index contributed by atoms with van der Waals surface area (Å²) in [7, 11) is 0. The molecule has 0 aromatic heterocycles. The summed E-state index contributed by atoms with van der Waals surface area (Å²) in [6.07, 6.45) is -0.0364. The minimum absolute atomic E-state index is 0.0000463. The van der Waals surface area contributed by atoms with E-state index in [1.54, 1.807) is 0 Å². The molecule has 3 fully saturated rings. The van der Waals surface area contributed by atoms with Crippen molar-refractivity contribution in [3.05, 3.63) is 0 Å². The lowest BCUT2D eigenvalue weighted by Crippen LogP contribution is -2.35. The maximum Gasteiger partial charge on any atom is 0.309 e. The van der Waals surface area contributed by atoms with Gasteiger partial charge >= 0.3 is 17.9 Å². The van der Waals surface area contributed by atoms with Gasteiger partial charge in [-0.15, -0.1) is 0 Å². The van der Waals surface area contributed by atoms with Crippen molar-refractivity contribution >= 4 is 17.9 Å². The fourth-order valence-electron chi connectivity index (χ4n) is 4.02. The van der Waals surface area contributed by atoms with Crippen molar-refractivity contribution in [2.24, 2.45) is 23.7 Å². The maximum absolute atomic E-state index is 11.7. The first kappa shape index (κ1) is 12.4. The van der Waals surface area contributed by atoms with Gasteiger partial charge in [-0.2, -0.15) is 0 Å². The molecule has 0 amide bonds. The second kappa shape index (κ2) is 4.21. The van der Waals surface area contributed by atoms with Gasteiger partial charge in [0.1, 0.15) is 12.2 Å². The zero-order valence-corrected chi connectivity index (χ0v) is 10.8. The zero-order valence-electron chi connectivity index (χ0n) is 10.8. The molecule has 0 unspecified atom stereocenters. The van der Waals surface area contributed by atoms with Crippen molar-refractivity contribution in [2.45, 2.75) is 32.5 Å². The van der Waals surface area contributed by atoms with Gasteiger partial charge in [0.05, 0.1) is 12.5 Å². The number of rotatable bonds is 2. The summed E-state index contributed by atoms with van der Waals surface area (Å²) in [6.45, 7) is 3.05. The molecule has 0 aromatic carbocycles. The van der Waals surface area contributed by atoms with E-state index in [-0.39, 0.29) is 53.8 Å². The molecule has 1 saturated heterocycles. The van der Waals surface area contributed by atoms with Crippen LogP contribution in [0.15, 0.2) is 0 Å². The Hall–Kier alpha value is -1.59. The molecule has 3 rings (SSSR count). The van der Waals surface area contributed by atoms with Gasteiger partial charge in [0, 0.05) is 31.6 Å². The van der Waals surface area contributed by atoms with Gasteiger partial charge < -0.3 is 14.2 Å². The molecule has 2 bridgehead atoms. The normalized spacial score (nSPS) is 42.7. The fourth-order valence-corrected chi connectivity index (χ4v) is 4.02. The second-order valence-electron chi connectivity index (χ2n) is 5.52. The van der Waals surface area contributed by atoms with Crippen LogP contribution < -0.4 is 0 Å². The summed E-state index contributed by atoms with van der Waals surface area (Å²) in [5.74, 6) is -1.33. The minimum atomic E-state index is -0.364. The molecule has 19 heavy (non-hydrogen) atoms. The van der Waals surface area contributed by atoms with E-state index in [1.807, 2.05) is 0 Å². The van der Waals surface area contributed by atoms with E-state index in [2.05, 4.69) is 0 Å². The number of carbonyl (C=O) groups is 3. The molecule has 3 aliphatic rings. The zero-order chi connectivity index (χ0) is 13.7. The van der Waals surface area contributed by atoms with Crippen LogP contribution in [0, 0.1) is 23.7 Å². The number of fused-ring (bicyclic) bond motifs is 5. The highest BCUT2D eigenvalue weighted by Gasteiger charge is 2.66. The standard InChI is InChI=1S/C13H16O6/c1-5(14)18-9-3-7-10-8(4-17-13(10)16)11(9)12(7)19-6(2)15/h7-12H,3-4H2,1-2H3/t7-,8-,9+,10-,11+,12-/m0/s1. The smallest absolute Gasteiger partial charge is 0.309 e. The Morgan fingerprint density at radius 1 is 1.16 bits per heavy atom. The van der Waals surface area contributed by atoms with Crippen molar-refractivity contribution in [3.63, 3.8) is 0 Å². The Morgan fingerprint density at radius 2 is 1.84 bits per heavy atom. The van der Waals surface area contributed by atoms with Gasteiger partial charge in [0.15, 0.2) is 0 Å². The molecule has 104 valence electrons. The molecule has 2 saturated carbocycles. The van der Waals surface area contributed by atoms with Crippen LogP contribution in [0.5, 0.6) is 0 Å². The van der Waals surface area contributed by atoms with Gasteiger partial charge in [-0.3, -0.25) is 14.4 Å². The predicted octanol–water partition coefficient (Wildman–Crippen LogP) is 0.289. The largest absolute Gasteiger partial charge is 0.465 e. The van der Waals surface area contributed by atoms with Crippen molar-refractivity contribution in [2.75, 3.05) is 6.61 Å². The van der Waals surface area contributed by atoms with E-state index in [9.17, 15) is 14.4 Å². The highest BCUT2D eigenvalue weighted by Crippen LogP contribution is 2.57. The van der Waals surface area contributed by atoms with Crippen molar-refractivity contribution in [1.29, 1.82) is 0 Å². The topological polar surface area (TPSA) is 78.9 Å². The van der Waals surface area contributed by atoms with E-state index in [0.29, 0.717) is 13.0 Å². The summed E-state index contributed by atoms with van der Waals surface area (Å²) in [4.78, 5) is 34.1. The van der Waals surface area contributed by atoms with Crippen LogP contribution >= 0.6 is 0 Å². The van der Waals surface area contributed by atoms with Gasteiger partial charge in [0.25, 0.3) is 0 Å². The molecule has 2 aliphatic carbocycles. The molecule has 6 atom stereocenters. The van der Waals surface area contributed by atoms with Crippen LogP contribution in [0.1, 0.15) is 20.3 Å². The van der Waals surface area contributed by atoms with Gasteiger partial charge in [-0.05, 0) is 6.42 Å². The van der Waals surface area contributed by atoms with E-state index >= 15 is 0 Å². The fraction of sp³-hybridized carbons (Fsp3) is 0.769. The molecule has 6 heteroatoms. The average molecular weight is 268 g/mol. The third kappa shape index (κ3) is 1.81. The minimum Gasteiger partial charge on any atom is -0.465 e. The van der Waals surface area contributed by atoms with E-state index in [0.717, 1.165) is 0 Å². The summed E-state index contributed by atoms with van der Waals surface area (Å²) >= 11 is 0. The van der Waals surface area contributed by atoms with Crippen LogP contribution in [-0.2, 0) is 28.6 Å². The summed E-state index contributed by atoms with van der Waals surface area (Å²) in [5.41, 5.74) is 0. The highest BCUT2D eigenvalue weighted by atomic mass is 16.6. The number of carbonyl (C=O) groups excluding carboxylic acids is 3. The Balaban J connectivity index is 1.85. The molecule has 0 spiro atoms.